The van der Waals surface area contributed by atoms with E-state index in [0.717, 1.165) is 11.1 Å². The lowest BCUT2D eigenvalue weighted by atomic mass is 10.0. The Labute approximate surface area is 200 Å². The van der Waals surface area contributed by atoms with Crippen LogP contribution in [0.3, 0.4) is 0 Å². The zero-order valence-corrected chi connectivity index (χ0v) is 20.3. The van der Waals surface area contributed by atoms with Gasteiger partial charge in [0.1, 0.15) is 5.75 Å². The van der Waals surface area contributed by atoms with Gasteiger partial charge in [-0.2, -0.15) is 0 Å². The van der Waals surface area contributed by atoms with E-state index in [-0.39, 0.29) is 30.5 Å². The van der Waals surface area contributed by atoms with E-state index in [1.165, 1.54) is 7.11 Å². The summed E-state index contributed by atoms with van der Waals surface area (Å²) in [5, 5.41) is 0. The summed E-state index contributed by atoms with van der Waals surface area (Å²) in [6, 6.07) is 17.7. The number of pyridine rings is 1. The Balaban J connectivity index is 1.63. The molecule has 0 fully saturated rings. The number of aromatic nitrogens is 1. The third-order valence-corrected chi connectivity index (χ3v) is 6.95. The van der Waals surface area contributed by atoms with E-state index in [1.54, 1.807) is 48.4 Å². The molecule has 0 radical (unpaired) electrons. The standard InChI is InChI=1S/C25H29N3O5S/c1-4-28(25(29)18-33-21-9-6-5-7-10-21)16-15-27-34(30,31)23-12-8-11-22(19(23)2)20-13-14-24(32-3)26-17-20/h5-14,17,27H,4,15-16,18H2,1-3H3. The third-order valence-electron chi connectivity index (χ3n) is 5.34. The Hall–Kier alpha value is -3.43. The van der Waals surface area contributed by atoms with Gasteiger partial charge in [0.15, 0.2) is 6.61 Å². The Morgan fingerprint density at radius 3 is 2.47 bits per heavy atom. The van der Waals surface area contributed by atoms with Crippen molar-refractivity contribution in [3.8, 4) is 22.8 Å². The van der Waals surface area contributed by atoms with Gasteiger partial charge in [0.2, 0.25) is 15.9 Å². The predicted octanol–water partition coefficient (Wildman–Crippen LogP) is 3.27. The number of amides is 1. The molecule has 2 aromatic carbocycles. The number of hydrogen-bond acceptors (Lipinski definition) is 6. The van der Waals surface area contributed by atoms with Crippen LogP contribution in [0.5, 0.6) is 11.6 Å². The SMILES string of the molecule is CCN(CCNS(=O)(=O)c1cccc(-c2ccc(OC)nc2)c1C)C(=O)COc1ccccc1. The Bertz CT molecular complexity index is 1200. The maximum atomic E-state index is 13.0. The number of carbonyl (C=O) groups excluding carboxylic acids is 1. The number of hydrogen-bond donors (Lipinski definition) is 1. The van der Waals surface area contributed by atoms with E-state index in [4.69, 9.17) is 9.47 Å². The number of sulfonamides is 1. The molecule has 34 heavy (non-hydrogen) atoms. The summed E-state index contributed by atoms with van der Waals surface area (Å²) < 4.78 is 39.2. The first kappa shape index (κ1) is 25.2. The van der Waals surface area contributed by atoms with E-state index < -0.39 is 10.0 Å². The molecular formula is C25H29N3O5S. The molecule has 0 spiro atoms. The van der Waals surface area contributed by atoms with E-state index in [0.29, 0.717) is 23.7 Å². The summed E-state index contributed by atoms with van der Waals surface area (Å²) in [4.78, 5) is 18.4. The van der Waals surface area contributed by atoms with Crippen LogP contribution < -0.4 is 14.2 Å². The first-order chi connectivity index (χ1) is 16.4. The first-order valence-electron chi connectivity index (χ1n) is 10.9. The summed E-state index contributed by atoms with van der Waals surface area (Å²) in [5.74, 6) is 0.877. The largest absolute Gasteiger partial charge is 0.484 e. The van der Waals surface area contributed by atoms with Crippen LogP contribution >= 0.6 is 0 Å². The van der Waals surface area contributed by atoms with Gasteiger partial charge in [0.05, 0.1) is 12.0 Å². The highest BCUT2D eigenvalue weighted by atomic mass is 32.2. The van der Waals surface area contributed by atoms with Crippen molar-refractivity contribution in [2.24, 2.45) is 0 Å². The second-order valence-corrected chi connectivity index (χ2v) is 9.23. The smallest absolute Gasteiger partial charge is 0.260 e. The first-order valence-corrected chi connectivity index (χ1v) is 12.4. The molecule has 0 aliphatic carbocycles. The highest BCUT2D eigenvalue weighted by Crippen LogP contribution is 2.28. The molecule has 1 aromatic heterocycles. The van der Waals surface area contributed by atoms with E-state index >= 15 is 0 Å². The van der Waals surface area contributed by atoms with Crippen LogP contribution in [0.25, 0.3) is 11.1 Å². The minimum absolute atomic E-state index is 0.0843. The molecule has 3 aromatic rings. The molecule has 0 unspecified atom stereocenters. The molecule has 1 heterocycles. The molecule has 1 N–H and O–H groups in total. The van der Waals surface area contributed by atoms with Crippen molar-refractivity contribution in [2.45, 2.75) is 18.7 Å². The molecular weight excluding hydrogens is 454 g/mol. The molecule has 0 bridgehead atoms. The molecule has 0 saturated carbocycles. The summed E-state index contributed by atoms with van der Waals surface area (Å²) >= 11 is 0. The van der Waals surface area contributed by atoms with Crippen molar-refractivity contribution in [2.75, 3.05) is 33.4 Å². The fourth-order valence-corrected chi connectivity index (χ4v) is 4.77. The van der Waals surface area contributed by atoms with Crippen molar-refractivity contribution < 1.29 is 22.7 Å². The Morgan fingerprint density at radius 2 is 1.82 bits per heavy atom. The molecule has 9 heteroatoms. The fraction of sp³-hybridized carbons (Fsp3) is 0.280. The number of likely N-dealkylation sites (N-methyl/N-ethyl adjacent to an activating group) is 1. The van der Waals surface area contributed by atoms with Crippen LogP contribution in [0.1, 0.15) is 12.5 Å². The minimum atomic E-state index is -3.78. The fourth-order valence-electron chi connectivity index (χ4n) is 3.48. The normalized spacial score (nSPS) is 11.1. The van der Waals surface area contributed by atoms with Crippen molar-refractivity contribution in [3.63, 3.8) is 0 Å². The monoisotopic (exact) mass is 483 g/mol. The number of rotatable bonds is 11. The van der Waals surface area contributed by atoms with Gasteiger partial charge in [-0.15, -0.1) is 0 Å². The Morgan fingerprint density at radius 1 is 1.06 bits per heavy atom. The second kappa shape index (κ2) is 11.6. The van der Waals surface area contributed by atoms with Crippen LogP contribution in [-0.2, 0) is 14.8 Å². The number of nitrogens with zero attached hydrogens (tertiary/aromatic N) is 2. The van der Waals surface area contributed by atoms with Crippen molar-refractivity contribution >= 4 is 15.9 Å². The van der Waals surface area contributed by atoms with Crippen molar-refractivity contribution in [1.29, 1.82) is 0 Å². The zero-order chi connectivity index (χ0) is 24.6. The van der Waals surface area contributed by atoms with Crippen molar-refractivity contribution in [1.82, 2.24) is 14.6 Å². The van der Waals surface area contributed by atoms with Gasteiger partial charge < -0.3 is 14.4 Å². The highest BCUT2D eigenvalue weighted by molar-refractivity contribution is 7.89. The number of benzene rings is 2. The van der Waals surface area contributed by atoms with E-state index in [9.17, 15) is 13.2 Å². The van der Waals surface area contributed by atoms with Crippen LogP contribution in [-0.4, -0.2) is 57.6 Å². The molecule has 0 saturated heterocycles. The quantitative estimate of drug-likeness (QED) is 0.450. The highest BCUT2D eigenvalue weighted by Gasteiger charge is 2.20. The average Bonchev–Trinajstić information content (AvgIpc) is 2.86. The summed E-state index contributed by atoms with van der Waals surface area (Å²) in [5.41, 5.74) is 2.17. The van der Waals surface area contributed by atoms with Gasteiger partial charge in [0.25, 0.3) is 5.91 Å². The molecule has 3 rings (SSSR count). The molecule has 1 amide bonds. The molecule has 8 nitrogen and oxygen atoms in total. The number of nitrogens with one attached hydrogen (secondary N) is 1. The maximum absolute atomic E-state index is 13.0. The Kier molecular flexibility index (Phi) is 8.61. The van der Waals surface area contributed by atoms with Crippen LogP contribution in [0.4, 0.5) is 0 Å². The summed E-state index contributed by atoms with van der Waals surface area (Å²) in [6.45, 7) is 4.25. The zero-order valence-electron chi connectivity index (χ0n) is 19.5. The van der Waals surface area contributed by atoms with Gasteiger partial charge in [-0.05, 0) is 49.2 Å². The topological polar surface area (TPSA) is 97.8 Å². The van der Waals surface area contributed by atoms with Gasteiger partial charge in [0, 0.05) is 37.5 Å². The number of para-hydroxylation sites is 1. The van der Waals surface area contributed by atoms with Gasteiger partial charge in [-0.3, -0.25) is 4.79 Å². The van der Waals surface area contributed by atoms with Gasteiger partial charge in [-0.1, -0.05) is 30.3 Å². The average molecular weight is 484 g/mol. The van der Waals surface area contributed by atoms with Gasteiger partial charge in [-0.25, -0.2) is 18.1 Å². The van der Waals surface area contributed by atoms with Crippen LogP contribution in [0, 0.1) is 6.92 Å². The molecule has 0 atom stereocenters. The summed E-state index contributed by atoms with van der Waals surface area (Å²) in [6.07, 6.45) is 1.65. The third kappa shape index (κ3) is 6.33. The molecule has 0 aliphatic heterocycles. The van der Waals surface area contributed by atoms with Crippen LogP contribution in [0.2, 0.25) is 0 Å². The lowest BCUT2D eigenvalue weighted by Gasteiger charge is -2.21. The van der Waals surface area contributed by atoms with E-state index in [1.807, 2.05) is 37.3 Å². The lowest BCUT2D eigenvalue weighted by molar-refractivity contribution is -0.133. The van der Waals surface area contributed by atoms with Gasteiger partial charge >= 0.3 is 0 Å². The van der Waals surface area contributed by atoms with Crippen LogP contribution in [0.15, 0.2) is 71.8 Å². The van der Waals surface area contributed by atoms with Crippen molar-refractivity contribution in [3.05, 3.63) is 72.4 Å². The molecule has 180 valence electrons. The number of methoxy groups -OCH3 is 1. The number of carbonyl (C=O) groups is 1. The lowest BCUT2D eigenvalue weighted by Crippen LogP contribution is -2.40. The maximum Gasteiger partial charge on any atom is 0.260 e. The van der Waals surface area contributed by atoms with E-state index in [2.05, 4.69) is 9.71 Å². The predicted molar refractivity (Wildman–Crippen MR) is 130 cm³/mol. The minimum Gasteiger partial charge on any atom is -0.484 e. The second-order valence-electron chi connectivity index (χ2n) is 7.49. The summed E-state index contributed by atoms with van der Waals surface area (Å²) in [7, 11) is -2.25. The molecule has 0 aliphatic rings. The number of ether oxygens (including phenoxy) is 2.